The highest BCUT2D eigenvalue weighted by Gasteiger charge is 2.33. The molecule has 0 N–H and O–H groups in total. The lowest BCUT2D eigenvalue weighted by molar-refractivity contribution is -0.149. The highest BCUT2D eigenvalue weighted by molar-refractivity contribution is 14.1. The van der Waals surface area contributed by atoms with Crippen LogP contribution in [0.2, 0.25) is 0 Å². The molecule has 0 saturated carbocycles. The number of halogens is 1. The minimum atomic E-state index is -3.54. The smallest absolute Gasteiger partial charge is 0.310 e. The number of piperidine rings is 1. The summed E-state index contributed by atoms with van der Waals surface area (Å²) in [5.74, 6) is -0.669. The summed E-state index contributed by atoms with van der Waals surface area (Å²) in [6.07, 6.45) is 1.35. The molecule has 0 bridgehead atoms. The Kier molecular flexibility index (Phi) is 5.61. The van der Waals surface area contributed by atoms with Gasteiger partial charge in [0.25, 0.3) is 0 Å². The van der Waals surface area contributed by atoms with Crippen LogP contribution in [0.15, 0.2) is 29.2 Å². The molecule has 0 aliphatic carbocycles. The number of ether oxygens (including phenoxy) is 1. The van der Waals surface area contributed by atoms with Crippen LogP contribution >= 0.6 is 22.6 Å². The Bertz CT molecular complexity index is 600. The Labute approximate surface area is 138 Å². The van der Waals surface area contributed by atoms with Gasteiger partial charge in [0.05, 0.1) is 17.4 Å². The first kappa shape index (κ1) is 16.7. The van der Waals surface area contributed by atoms with Gasteiger partial charge >= 0.3 is 5.97 Å². The zero-order valence-corrected chi connectivity index (χ0v) is 14.8. The molecule has 1 aromatic carbocycles. The predicted octanol–water partition coefficient (Wildman–Crippen LogP) is 2.26. The molecule has 0 aromatic heterocycles. The Hall–Kier alpha value is -0.670. The van der Waals surface area contributed by atoms with Crippen LogP contribution in [0.4, 0.5) is 0 Å². The van der Waals surface area contributed by atoms with Crippen LogP contribution in [-0.4, -0.2) is 38.4 Å². The largest absolute Gasteiger partial charge is 0.466 e. The van der Waals surface area contributed by atoms with Gasteiger partial charge in [0, 0.05) is 16.7 Å². The van der Waals surface area contributed by atoms with Crippen molar-refractivity contribution in [1.29, 1.82) is 0 Å². The van der Waals surface area contributed by atoms with Crippen LogP contribution in [0.3, 0.4) is 0 Å². The molecule has 1 unspecified atom stereocenters. The van der Waals surface area contributed by atoms with E-state index in [0.717, 1.165) is 3.57 Å². The average molecular weight is 423 g/mol. The number of hydrogen-bond donors (Lipinski definition) is 0. The van der Waals surface area contributed by atoms with Gasteiger partial charge in [-0.2, -0.15) is 4.31 Å². The summed E-state index contributed by atoms with van der Waals surface area (Å²) in [7, 11) is -3.54. The number of nitrogens with zero attached hydrogens (tertiary/aromatic N) is 1. The number of carbonyl (C=O) groups is 1. The Morgan fingerprint density at radius 3 is 2.67 bits per heavy atom. The van der Waals surface area contributed by atoms with Gasteiger partial charge in [0.2, 0.25) is 10.0 Å². The van der Waals surface area contributed by atoms with Crippen LogP contribution in [-0.2, 0) is 19.6 Å². The minimum absolute atomic E-state index is 0.202. The van der Waals surface area contributed by atoms with E-state index in [2.05, 4.69) is 22.6 Å². The van der Waals surface area contributed by atoms with Gasteiger partial charge in [-0.05, 0) is 66.6 Å². The standard InChI is InChI=1S/C14H18INO4S/c1-2-20-14(17)11-4-3-9-16(10-11)21(18,19)13-7-5-12(15)6-8-13/h5-8,11H,2-4,9-10H2,1H3. The summed E-state index contributed by atoms with van der Waals surface area (Å²) in [5.41, 5.74) is 0. The van der Waals surface area contributed by atoms with Gasteiger partial charge in [0.15, 0.2) is 0 Å². The van der Waals surface area contributed by atoms with Crippen molar-refractivity contribution in [2.75, 3.05) is 19.7 Å². The summed E-state index contributed by atoms with van der Waals surface area (Å²) in [4.78, 5) is 12.1. The van der Waals surface area contributed by atoms with E-state index >= 15 is 0 Å². The second kappa shape index (κ2) is 7.06. The number of esters is 1. The van der Waals surface area contributed by atoms with Crippen LogP contribution in [0, 0.1) is 9.49 Å². The molecule has 1 fully saturated rings. The zero-order chi connectivity index (χ0) is 15.5. The van der Waals surface area contributed by atoms with E-state index in [9.17, 15) is 13.2 Å². The summed E-state index contributed by atoms with van der Waals surface area (Å²) in [6, 6.07) is 6.73. The average Bonchev–Trinajstić information content (AvgIpc) is 2.48. The maximum atomic E-state index is 12.6. The molecule has 0 radical (unpaired) electrons. The number of sulfonamides is 1. The molecule has 0 spiro atoms. The predicted molar refractivity (Wildman–Crippen MR) is 87.3 cm³/mol. The fourth-order valence-corrected chi connectivity index (χ4v) is 4.25. The van der Waals surface area contributed by atoms with Crippen LogP contribution < -0.4 is 0 Å². The first-order valence-electron chi connectivity index (χ1n) is 6.87. The van der Waals surface area contributed by atoms with E-state index in [1.54, 1.807) is 31.2 Å². The number of carbonyl (C=O) groups excluding carboxylic acids is 1. The maximum Gasteiger partial charge on any atom is 0.310 e. The molecule has 1 heterocycles. The molecule has 1 saturated heterocycles. The first-order valence-corrected chi connectivity index (χ1v) is 9.39. The number of hydrogen-bond acceptors (Lipinski definition) is 4. The lowest BCUT2D eigenvalue weighted by Crippen LogP contribution is -2.42. The molecule has 5 nitrogen and oxygen atoms in total. The lowest BCUT2D eigenvalue weighted by atomic mass is 10.0. The molecule has 1 aromatic rings. The van der Waals surface area contributed by atoms with Gasteiger partial charge in [-0.3, -0.25) is 4.79 Å². The Morgan fingerprint density at radius 1 is 1.38 bits per heavy atom. The van der Waals surface area contributed by atoms with Crippen LogP contribution in [0.1, 0.15) is 19.8 Å². The summed E-state index contributed by atoms with van der Waals surface area (Å²) in [6.45, 7) is 2.72. The van der Waals surface area contributed by atoms with E-state index < -0.39 is 10.0 Å². The second-order valence-corrected chi connectivity index (χ2v) is 8.09. The van der Waals surface area contributed by atoms with Crippen LogP contribution in [0.5, 0.6) is 0 Å². The topological polar surface area (TPSA) is 63.7 Å². The van der Waals surface area contributed by atoms with Gasteiger partial charge in [-0.15, -0.1) is 0 Å². The van der Waals surface area contributed by atoms with Gasteiger partial charge in [-0.25, -0.2) is 8.42 Å². The van der Waals surface area contributed by atoms with Crippen molar-refractivity contribution in [3.8, 4) is 0 Å². The van der Waals surface area contributed by atoms with Crippen molar-refractivity contribution in [2.24, 2.45) is 5.92 Å². The van der Waals surface area contributed by atoms with Crippen molar-refractivity contribution in [2.45, 2.75) is 24.7 Å². The molecule has 0 amide bonds. The van der Waals surface area contributed by atoms with Gasteiger partial charge in [0.1, 0.15) is 0 Å². The minimum Gasteiger partial charge on any atom is -0.466 e. The van der Waals surface area contributed by atoms with Crippen molar-refractivity contribution in [3.63, 3.8) is 0 Å². The van der Waals surface area contributed by atoms with Crippen molar-refractivity contribution in [3.05, 3.63) is 27.8 Å². The third-order valence-corrected chi connectivity index (χ3v) is 6.05. The van der Waals surface area contributed by atoms with E-state index in [-0.39, 0.29) is 23.3 Å². The van der Waals surface area contributed by atoms with Gasteiger partial charge < -0.3 is 4.74 Å². The number of rotatable bonds is 4. The Morgan fingerprint density at radius 2 is 2.05 bits per heavy atom. The molecule has 1 atom stereocenters. The molecule has 21 heavy (non-hydrogen) atoms. The first-order chi connectivity index (χ1) is 9.95. The van der Waals surface area contributed by atoms with Crippen molar-refractivity contribution in [1.82, 2.24) is 4.31 Å². The van der Waals surface area contributed by atoms with E-state index in [1.807, 2.05) is 0 Å². The highest BCUT2D eigenvalue weighted by Crippen LogP contribution is 2.24. The summed E-state index contributed by atoms with van der Waals surface area (Å²) >= 11 is 2.13. The second-order valence-electron chi connectivity index (χ2n) is 4.91. The van der Waals surface area contributed by atoms with E-state index in [0.29, 0.717) is 26.0 Å². The third kappa shape index (κ3) is 3.95. The Balaban J connectivity index is 2.16. The molecule has 2 rings (SSSR count). The molecule has 7 heteroatoms. The molecule has 1 aliphatic heterocycles. The number of benzene rings is 1. The zero-order valence-electron chi connectivity index (χ0n) is 11.8. The van der Waals surface area contributed by atoms with Gasteiger partial charge in [-0.1, -0.05) is 0 Å². The quantitative estimate of drug-likeness (QED) is 0.551. The fourth-order valence-electron chi connectivity index (χ4n) is 2.37. The van der Waals surface area contributed by atoms with E-state index in [4.69, 9.17) is 4.74 Å². The molecule has 116 valence electrons. The van der Waals surface area contributed by atoms with E-state index in [1.165, 1.54) is 4.31 Å². The molecular weight excluding hydrogens is 405 g/mol. The fraction of sp³-hybridized carbons (Fsp3) is 0.500. The lowest BCUT2D eigenvalue weighted by Gasteiger charge is -2.30. The monoisotopic (exact) mass is 423 g/mol. The van der Waals surface area contributed by atoms with Crippen LogP contribution in [0.25, 0.3) is 0 Å². The summed E-state index contributed by atoms with van der Waals surface area (Å²) in [5, 5.41) is 0. The summed E-state index contributed by atoms with van der Waals surface area (Å²) < 4.78 is 32.6. The van der Waals surface area contributed by atoms with Crippen molar-refractivity contribution >= 4 is 38.6 Å². The normalized spacial score (nSPS) is 20.2. The van der Waals surface area contributed by atoms with Crippen molar-refractivity contribution < 1.29 is 17.9 Å². The molecular formula is C14H18INO4S. The third-order valence-electron chi connectivity index (χ3n) is 3.46. The molecule has 1 aliphatic rings. The maximum absolute atomic E-state index is 12.6. The SMILES string of the molecule is CCOC(=O)C1CCCN(S(=O)(=O)c2ccc(I)cc2)C1. The highest BCUT2D eigenvalue weighted by atomic mass is 127.